The fraction of sp³-hybridized carbons (Fsp3) is 0.750. The molecule has 4 rings (SSSR count). The summed E-state index contributed by atoms with van der Waals surface area (Å²) in [7, 11) is 0. The van der Waals surface area contributed by atoms with E-state index in [0.717, 1.165) is 58.7 Å². The van der Waals surface area contributed by atoms with Crippen molar-refractivity contribution in [2.45, 2.75) is 51.0 Å². The van der Waals surface area contributed by atoms with E-state index < -0.39 is 6.04 Å². The number of morpholine rings is 1. The van der Waals surface area contributed by atoms with Gasteiger partial charge in [-0.15, -0.1) is 11.3 Å². The van der Waals surface area contributed by atoms with Crippen molar-refractivity contribution in [3.8, 4) is 0 Å². The third-order valence-corrected chi connectivity index (χ3v) is 8.29. The monoisotopic (exact) mass is 522 g/mol. The number of ether oxygens (including phenoxy) is 1. The average Bonchev–Trinajstić information content (AvgIpc) is 3.39. The lowest BCUT2D eigenvalue weighted by molar-refractivity contribution is -0.142. The number of carbonyl (C=O) groups excluding carboxylic acids is 2. The topological polar surface area (TPSA) is 90.0 Å². The summed E-state index contributed by atoms with van der Waals surface area (Å²) < 4.78 is 5.39. The molecular weight excluding hydrogens is 484 g/mol. The van der Waals surface area contributed by atoms with E-state index in [4.69, 9.17) is 17.0 Å². The van der Waals surface area contributed by atoms with Crippen molar-refractivity contribution >= 4 is 45.6 Å². The fourth-order valence-electron chi connectivity index (χ4n) is 5.21. The number of hydrogen-bond acceptors (Lipinski definition) is 7. The molecule has 3 heterocycles. The van der Waals surface area contributed by atoms with Crippen molar-refractivity contribution in [2.24, 2.45) is 5.92 Å². The van der Waals surface area contributed by atoms with Gasteiger partial charge in [-0.2, -0.15) is 0 Å². The zero-order valence-electron chi connectivity index (χ0n) is 20.5. The van der Waals surface area contributed by atoms with E-state index in [-0.39, 0.29) is 18.4 Å². The summed E-state index contributed by atoms with van der Waals surface area (Å²) in [6.45, 7) is 6.72. The van der Waals surface area contributed by atoms with Crippen LogP contribution in [0.25, 0.3) is 0 Å². The summed E-state index contributed by atoms with van der Waals surface area (Å²) in [5, 5.41) is 9.29. The highest BCUT2D eigenvalue weighted by atomic mass is 32.1. The van der Waals surface area contributed by atoms with E-state index in [9.17, 15) is 9.59 Å². The molecule has 9 nitrogen and oxygen atoms in total. The first kappa shape index (κ1) is 26.2. The van der Waals surface area contributed by atoms with Crippen molar-refractivity contribution < 1.29 is 14.3 Å². The van der Waals surface area contributed by atoms with Gasteiger partial charge >= 0.3 is 0 Å². The molecule has 0 spiro atoms. The summed E-state index contributed by atoms with van der Waals surface area (Å²) in [5.74, 6) is 0.316. The molecule has 1 aliphatic carbocycles. The fourth-order valence-corrected chi connectivity index (χ4v) is 6.00. The van der Waals surface area contributed by atoms with E-state index in [1.54, 1.807) is 11.1 Å². The molecule has 0 radical (unpaired) electrons. The van der Waals surface area contributed by atoms with Gasteiger partial charge in [-0.25, -0.2) is 4.98 Å². The van der Waals surface area contributed by atoms with E-state index in [1.807, 2.05) is 10.3 Å². The van der Waals surface area contributed by atoms with Gasteiger partial charge in [0.05, 0.1) is 19.8 Å². The molecule has 0 aromatic carbocycles. The summed E-state index contributed by atoms with van der Waals surface area (Å²) in [6.07, 6.45) is 9.33. The van der Waals surface area contributed by atoms with E-state index in [1.165, 1.54) is 30.6 Å². The van der Waals surface area contributed by atoms with Crippen LogP contribution in [0.2, 0.25) is 0 Å². The van der Waals surface area contributed by atoms with Gasteiger partial charge in [-0.1, -0.05) is 32.1 Å². The number of rotatable bonds is 9. The molecule has 1 aromatic heterocycles. The number of aromatic nitrogens is 1. The Labute approximate surface area is 217 Å². The molecule has 2 saturated heterocycles. The first-order chi connectivity index (χ1) is 17.1. The number of hydrogen-bond donors (Lipinski definition) is 2. The first-order valence-electron chi connectivity index (χ1n) is 12.9. The molecule has 11 heteroatoms. The van der Waals surface area contributed by atoms with Crippen molar-refractivity contribution in [3.05, 3.63) is 11.6 Å². The van der Waals surface area contributed by atoms with Crippen molar-refractivity contribution in [1.29, 1.82) is 0 Å². The average molecular weight is 523 g/mol. The Morgan fingerprint density at radius 1 is 1.20 bits per heavy atom. The molecule has 1 aromatic rings. The maximum atomic E-state index is 13.2. The number of thiazole rings is 1. The normalized spacial score (nSPS) is 21.1. The van der Waals surface area contributed by atoms with E-state index >= 15 is 0 Å². The Morgan fingerprint density at radius 3 is 2.71 bits per heavy atom. The highest BCUT2D eigenvalue weighted by Crippen LogP contribution is 2.29. The number of thiocarbonyl (C=S) groups is 1. The van der Waals surface area contributed by atoms with Gasteiger partial charge in [-0.05, 0) is 37.5 Å². The SMILES string of the molecule is O=C(Nc1nccs1)C(CC1CCCCC1)N1CCN(C(=S)NCCCN2CCOCC2)CC1=O. The summed E-state index contributed by atoms with van der Waals surface area (Å²) >= 11 is 6.98. The van der Waals surface area contributed by atoms with E-state index in [0.29, 0.717) is 35.7 Å². The van der Waals surface area contributed by atoms with Crippen LogP contribution >= 0.6 is 23.6 Å². The van der Waals surface area contributed by atoms with Gasteiger partial charge in [0.25, 0.3) is 0 Å². The predicted octanol–water partition coefficient (Wildman–Crippen LogP) is 2.16. The predicted molar refractivity (Wildman–Crippen MR) is 141 cm³/mol. The number of anilines is 1. The molecule has 3 fully saturated rings. The largest absolute Gasteiger partial charge is 0.379 e. The second-order valence-electron chi connectivity index (χ2n) is 9.63. The molecule has 1 atom stereocenters. The van der Waals surface area contributed by atoms with Crippen LogP contribution in [0.4, 0.5) is 5.13 Å². The smallest absolute Gasteiger partial charge is 0.248 e. The molecular formula is C24H38N6O3S2. The molecule has 0 bridgehead atoms. The second-order valence-corrected chi connectivity index (χ2v) is 10.9. The van der Waals surface area contributed by atoms with Crippen LogP contribution in [-0.2, 0) is 14.3 Å². The summed E-state index contributed by atoms with van der Waals surface area (Å²) in [6, 6.07) is -0.466. The minimum Gasteiger partial charge on any atom is -0.379 e. The van der Waals surface area contributed by atoms with Crippen LogP contribution in [0.15, 0.2) is 11.6 Å². The van der Waals surface area contributed by atoms with Gasteiger partial charge in [-0.3, -0.25) is 14.5 Å². The van der Waals surface area contributed by atoms with Crippen LogP contribution < -0.4 is 10.6 Å². The Bertz CT molecular complexity index is 827. The lowest BCUT2D eigenvalue weighted by atomic mass is 9.84. The number of piperazine rings is 1. The Morgan fingerprint density at radius 2 is 2.00 bits per heavy atom. The van der Waals surface area contributed by atoms with Gasteiger partial charge in [0.2, 0.25) is 11.8 Å². The van der Waals surface area contributed by atoms with Crippen molar-refractivity contribution in [2.75, 3.05) is 64.3 Å². The lowest BCUT2D eigenvalue weighted by Crippen LogP contribution is -2.59. The van der Waals surface area contributed by atoms with Gasteiger partial charge in [0.1, 0.15) is 6.04 Å². The maximum absolute atomic E-state index is 13.2. The Balaban J connectivity index is 1.28. The maximum Gasteiger partial charge on any atom is 0.248 e. The zero-order valence-corrected chi connectivity index (χ0v) is 22.1. The minimum atomic E-state index is -0.466. The van der Waals surface area contributed by atoms with Gasteiger partial charge < -0.3 is 25.2 Å². The van der Waals surface area contributed by atoms with Crippen LogP contribution in [0.3, 0.4) is 0 Å². The number of amides is 2. The van der Waals surface area contributed by atoms with E-state index in [2.05, 4.69) is 20.5 Å². The number of nitrogens with one attached hydrogen (secondary N) is 2. The molecule has 1 unspecified atom stereocenters. The highest BCUT2D eigenvalue weighted by Gasteiger charge is 2.36. The van der Waals surface area contributed by atoms with Crippen LogP contribution in [0.1, 0.15) is 44.9 Å². The van der Waals surface area contributed by atoms with Crippen LogP contribution in [0, 0.1) is 5.92 Å². The summed E-state index contributed by atoms with van der Waals surface area (Å²) in [5.41, 5.74) is 0. The lowest BCUT2D eigenvalue weighted by Gasteiger charge is -2.40. The minimum absolute atomic E-state index is 0.0381. The molecule has 2 aliphatic heterocycles. The molecule has 2 amide bonds. The third kappa shape index (κ3) is 7.83. The molecule has 194 valence electrons. The first-order valence-corrected chi connectivity index (χ1v) is 14.2. The molecule has 35 heavy (non-hydrogen) atoms. The van der Waals surface area contributed by atoms with Crippen molar-refractivity contribution in [1.82, 2.24) is 25.0 Å². The number of carbonyl (C=O) groups is 2. The quantitative estimate of drug-likeness (QED) is 0.377. The van der Waals surface area contributed by atoms with Gasteiger partial charge in [0.15, 0.2) is 10.2 Å². The van der Waals surface area contributed by atoms with Crippen molar-refractivity contribution in [3.63, 3.8) is 0 Å². The van der Waals surface area contributed by atoms with Crippen LogP contribution in [-0.4, -0.2) is 102 Å². The number of nitrogens with zero attached hydrogens (tertiary/aromatic N) is 4. The Kier molecular flexibility index (Phi) is 10.1. The second kappa shape index (κ2) is 13.5. The Hall–Kier alpha value is -1.82. The highest BCUT2D eigenvalue weighted by molar-refractivity contribution is 7.80. The zero-order chi connectivity index (χ0) is 24.5. The summed E-state index contributed by atoms with van der Waals surface area (Å²) in [4.78, 5) is 36.8. The van der Waals surface area contributed by atoms with Gasteiger partial charge in [0, 0.05) is 44.3 Å². The van der Waals surface area contributed by atoms with Crippen LogP contribution in [0.5, 0.6) is 0 Å². The third-order valence-electron chi connectivity index (χ3n) is 7.20. The standard InChI is InChI=1S/C24H38N6O3S2/c31-21-18-29(24(34)26-7-4-9-28-12-14-33-15-13-28)10-11-30(21)20(17-19-5-2-1-3-6-19)22(32)27-23-25-8-16-35-23/h8,16,19-20H,1-7,9-15,17-18H2,(H,26,34)(H,25,27,32). The molecule has 3 aliphatic rings. The molecule has 2 N–H and O–H groups in total. The molecule has 1 saturated carbocycles.